The van der Waals surface area contributed by atoms with Crippen molar-refractivity contribution in [2.75, 3.05) is 13.1 Å². The minimum absolute atomic E-state index is 0.225. The lowest BCUT2D eigenvalue weighted by molar-refractivity contribution is -0.131. The van der Waals surface area contributed by atoms with E-state index in [4.69, 9.17) is 5.73 Å². The molecule has 0 bridgehead atoms. The summed E-state index contributed by atoms with van der Waals surface area (Å²) >= 11 is 5.04. The molecule has 1 aromatic rings. The SMILES string of the molecule is CC1CC(CN)CN1C(=O)Cc1ccc(Br)s1. The van der Waals surface area contributed by atoms with Crippen LogP contribution in [-0.2, 0) is 11.2 Å². The Bertz CT molecular complexity index is 407. The van der Waals surface area contributed by atoms with Crippen molar-refractivity contribution >= 4 is 33.2 Å². The molecule has 1 fully saturated rings. The number of carbonyl (C=O) groups is 1. The van der Waals surface area contributed by atoms with Crippen molar-refractivity contribution in [2.24, 2.45) is 11.7 Å². The fourth-order valence-electron chi connectivity index (χ4n) is 2.36. The predicted octanol–water partition coefficient (Wildman–Crippen LogP) is 2.25. The van der Waals surface area contributed by atoms with E-state index in [1.54, 1.807) is 11.3 Å². The number of likely N-dealkylation sites (tertiary alicyclic amines) is 1. The van der Waals surface area contributed by atoms with Gasteiger partial charge >= 0.3 is 0 Å². The number of thiophene rings is 1. The Labute approximate surface area is 114 Å². The van der Waals surface area contributed by atoms with Gasteiger partial charge in [0.15, 0.2) is 0 Å². The first kappa shape index (κ1) is 13.1. The number of hydrogen-bond acceptors (Lipinski definition) is 3. The molecule has 3 nitrogen and oxygen atoms in total. The van der Waals surface area contributed by atoms with Crippen LogP contribution in [0.4, 0.5) is 0 Å². The first-order valence-electron chi connectivity index (χ1n) is 5.84. The molecule has 2 unspecified atom stereocenters. The van der Waals surface area contributed by atoms with E-state index < -0.39 is 0 Å². The number of hydrogen-bond donors (Lipinski definition) is 1. The second-order valence-corrected chi connectivity index (χ2v) is 7.16. The van der Waals surface area contributed by atoms with Crippen LogP contribution in [0.3, 0.4) is 0 Å². The van der Waals surface area contributed by atoms with Crippen LogP contribution in [0.1, 0.15) is 18.2 Å². The minimum Gasteiger partial charge on any atom is -0.339 e. The van der Waals surface area contributed by atoms with E-state index in [0.717, 1.165) is 21.6 Å². The van der Waals surface area contributed by atoms with Crippen LogP contribution in [0.5, 0.6) is 0 Å². The molecule has 1 aliphatic rings. The van der Waals surface area contributed by atoms with Crippen molar-refractivity contribution in [3.05, 3.63) is 20.8 Å². The molecular weight excluding hydrogens is 300 g/mol. The zero-order valence-corrected chi connectivity index (χ0v) is 12.3. The first-order valence-corrected chi connectivity index (χ1v) is 7.45. The van der Waals surface area contributed by atoms with Crippen LogP contribution in [-0.4, -0.2) is 29.9 Å². The van der Waals surface area contributed by atoms with E-state index in [-0.39, 0.29) is 5.91 Å². The third-order valence-electron chi connectivity index (χ3n) is 3.27. The number of nitrogens with zero attached hydrogens (tertiary/aromatic N) is 1. The summed E-state index contributed by atoms with van der Waals surface area (Å²) in [6.07, 6.45) is 1.55. The first-order chi connectivity index (χ1) is 8.10. The van der Waals surface area contributed by atoms with Crippen molar-refractivity contribution in [3.8, 4) is 0 Å². The Kier molecular flexibility index (Phi) is 4.22. The number of amides is 1. The Morgan fingerprint density at radius 2 is 2.41 bits per heavy atom. The molecule has 0 aromatic carbocycles. The van der Waals surface area contributed by atoms with Gasteiger partial charge in [-0.1, -0.05) is 0 Å². The summed E-state index contributed by atoms with van der Waals surface area (Å²) in [7, 11) is 0. The molecule has 17 heavy (non-hydrogen) atoms. The topological polar surface area (TPSA) is 46.3 Å². The molecule has 2 atom stereocenters. The molecule has 1 saturated heterocycles. The van der Waals surface area contributed by atoms with Crippen LogP contribution in [0, 0.1) is 5.92 Å². The number of carbonyl (C=O) groups excluding carboxylic acids is 1. The maximum absolute atomic E-state index is 12.2. The number of rotatable bonds is 3. The lowest BCUT2D eigenvalue weighted by Crippen LogP contribution is -2.35. The number of nitrogens with two attached hydrogens (primary N) is 1. The zero-order valence-electron chi connectivity index (χ0n) is 9.86. The molecule has 1 aromatic heterocycles. The van der Waals surface area contributed by atoms with Gasteiger partial charge in [0.05, 0.1) is 10.2 Å². The van der Waals surface area contributed by atoms with Crippen molar-refractivity contribution in [3.63, 3.8) is 0 Å². The highest BCUT2D eigenvalue weighted by molar-refractivity contribution is 9.11. The molecule has 2 N–H and O–H groups in total. The van der Waals surface area contributed by atoms with E-state index in [1.807, 2.05) is 17.0 Å². The average molecular weight is 317 g/mol. The smallest absolute Gasteiger partial charge is 0.228 e. The summed E-state index contributed by atoms with van der Waals surface area (Å²) in [6.45, 7) is 3.61. The van der Waals surface area contributed by atoms with Crippen molar-refractivity contribution in [2.45, 2.75) is 25.8 Å². The standard InChI is InChI=1S/C12H17BrN2OS/c1-8-4-9(6-14)7-15(8)12(16)5-10-2-3-11(13)17-10/h2-3,8-9H,4-7,14H2,1H3. The van der Waals surface area contributed by atoms with Crippen molar-refractivity contribution < 1.29 is 4.79 Å². The van der Waals surface area contributed by atoms with Crippen molar-refractivity contribution in [1.29, 1.82) is 0 Å². The molecule has 0 radical (unpaired) electrons. The van der Waals surface area contributed by atoms with Gasteiger partial charge in [0, 0.05) is 17.5 Å². The highest BCUT2D eigenvalue weighted by atomic mass is 79.9. The van der Waals surface area contributed by atoms with Gasteiger partial charge in [0.1, 0.15) is 0 Å². The van der Waals surface area contributed by atoms with E-state index in [9.17, 15) is 4.79 Å². The Morgan fingerprint density at radius 3 is 2.94 bits per heavy atom. The number of halogens is 1. The van der Waals surface area contributed by atoms with Crippen LogP contribution >= 0.6 is 27.3 Å². The molecule has 0 spiro atoms. The minimum atomic E-state index is 0.225. The zero-order chi connectivity index (χ0) is 12.4. The fraction of sp³-hybridized carbons (Fsp3) is 0.583. The van der Waals surface area contributed by atoms with Gasteiger partial charge in [-0.3, -0.25) is 4.79 Å². The third-order valence-corrected chi connectivity index (χ3v) is 4.89. The summed E-state index contributed by atoms with van der Waals surface area (Å²) in [5, 5.41) is 0. The van der Waals surface area contributed by atoms with Gasteiger partial charge in [-0.15, -0.1) is 11.3 Å². The Hall–Kier alpha value is -0.390. The highest BCUT2D eigenvalue weighted by Gasteiger charge is 2.31. The summed E-state index contributed by atoms with van der Waals surface area (Å²) in [5.41, 5.74) is 5.67. The maximum Gasteiger partial charge on any atom is 0.228 e. The second kappa shape index (κ2) is 5.50. The lowest BCUT2D eigenvalue weighted by Gasteiger charge is -2.21. The summed E-state index contributed by atoms with van der Waals surface area (Å²) in [6, 6.07) is 4.33. The van der Waals surface area contributed by atoms with E-state index >= 15 is 0 Å². The molecule has 5 heteroatoms. The van der Waals surface area contributed by atoms with Crippen LogP contribution in [0.15, 0.2) is 15.9 Å². The largest absolute Gasteiger partial charge is 0.339 e. The van der Waals surface area contributed by atoms with E-state index in [0.29, 0.717) is 24.9 Å². The van der Waals surface area contributed by atoms with Crippen LogP contribution in [0.2, 0.25) is 0 Å². The third kappa shape index (κ3) is 3.09. The predicted molar refractivity (Wildman–Crippen MR) is 74.1 cm³/mol. The molecule has 1 aliphatic heterocycles. The maximum atomic E-state index is 12.2. The van der Waals surface area contributed by atoms with Gasteiger partial charge < -0.3 is 10.6 Å². The van der Waals surface area contributed by atoms with Gasteiger partial charge in [-0.05, 0) is 53.9 Å². The Morgan fingerprint density at radius 1 is 1.65 bits per heavy atom. The van der Waals surface area contributed by atoms with Crippen LogP contribution < -0.4 is 5.73 Å². The van der Waals surface area contributed by atoms with Gasteiger partial charge in [0.25, 0.3) is 0 Å². The van der Waals surface area contributed by atoms with Gasteiger partial charge in [0.2, 0.25) is 5.91 Å². The Balaban J connectivity index is 1.96. The summed E-state index contributed by atoms with van der Waals surface area (Å²) in [4.78, 5) is 15.3. The molecule has 0 saturated carbocycles. The fourth-order valence-corrected chi connectivity index (χ4v) is 3.83. The summed E-state index contributed by atoms with van der Waals surface area (Å²) in [5.74, 6) is 0.701. The molecule has 2 rings (SSSR count). The molecule has 2 heterocycles. The van der Waals surface area contributed by atoms with E-state index in [2.05, 4.69) is 22.9 Å². The monoisotopic (exact) mass is 316 g/mol. The van der Waals surface area contributed by atoms with Gasteiger partial charge in [-0.2, -0.15) is 0 Å². The van der Waals surface area contributed by atoms with E-state index in [1.165, 1.54) is 0 Å². The normalized spacial score (nSPS) is 24.3. The molecule has 0 aliphatic carbocycles. The highest BCUT2D eigenvalue weighted by Crippen LogP contribution is 2.26. The molecule has 94 valence electrons. The molecule has 1 amide bonds. The van der Waals surface area contributed by atoms with Crippen molar-refractivity contribution in [1.82, 2.24) is 4.90 Å². The quantitative estimate of drug-likeness (QED) is 0.929. The van der Waals surface area contributed by atoms with Crippen LogP contribution in [0.25, 0.3) is 0 Å². The van der Waals surface area contributed by atoms with Gasteiger partial charge in [-0.25, -0.2) is 0 Å². The molecular formula is C12H17BrN2OS. The average Bonchev–Trinajstić information content (AvgIpc) is 2.85. The summed E-state index contributed by atoms with van der Waals surface area (Å²) < 4.78 is 1.08. The lowest BCUT2D eigenvalue weighted by atomic mass is 10.1. The second-order valence-electron chi connectivity index (χ2n) is 4.62.